The van der Waals surface area contributed by atoms with Gasteiger partial charge in [-0.05, 0) is 38.1 Å². The van der Waals surface area contributed by atoms with Crippen LogP contribution in [0.25, 0.3) is 0 Å². The molecule has 3 heteroatoms. The lowest BCUT2D eigenvalue weighted by Crippen LogP contribution is -2.44. The predicted molar refractivity (Wildman–Crippen MR) is 71.2 cm³/mol. The molecule has 0 saturated carbocycles. The van der Waals surface area contributed by atoms with Crippen molar-refractivity contribution in [3.05, 3.63) is 30.1 Å². The average Bonchev–Trinajstić information content (AvgIpc) is 2.39. The lowest BCUT2D eigenvalue weighted by atomic mass is 9.88. The van der Waals surface area contributed by atoms with Gasteiger partial charge in [0.15, 0.2) is 0 Å². The van der Waals surface area contributed by atoms with Crippen LogP contribution in [0.15, 0.2) is 24.4 Å². The second kappa shape index (κ2) is 5.61. The fraction of sp³-hybridized carbons (Fsp3) is 0.643. The molecular weight excluding hydrogens is 210 g/mol. The van der Waals surface area contributed by atoms with E-state index in [0.29, 0.717) is 6.04 Å². The van der Waals surface area contributed by atoms with Crippen molar-refractivity contribution in [1.82, 2.24) is 15.6 Å². The molecule has 2 rings (SSSR count). The van der Waals surface area contributed by atoms with Gasteiger partial charge in [0.05, 0.1) is 0 Å². The van der Waals surface area contributed by atoms with Gasteiger partial charge in [-0.1, -0.05) is 19.9 Å². The quantitative estimate of drug-likeness (QED) is 0.831. The van der Waals surface area contributed by atoms with Crippen LogP contribution in [0.1, 0.15) is 32.4 Å². The molecule has 94 valence electrons. The largest absolute Gasteiger partial charge is 0.317 e. The molecule has 0 radical (unpaired) electrons. The van der Waals surface area contributed by atoms with Gasteiger partial charge >= 0.3 is 0 Å². The summed E-state index contributed by atoms with van der Waals surface area (Å²) in [6, 6.07) is 6.82. The summed E-state index contributed by atoms with van der Waals surface area (Å²) in [6.07, 6.45) is 4.35. The van der Waals surface area contributed by atoms with E-state index in [1.807, 2.05) is 12.3 Å². The minimum atomic E-state index is 0.103. The lowest BCUT2D eigenvalue weighted by molar-refractivity contribution is 0.348. The van der Waals surface area contributed by atoms with Gasteiger partial charge in [0.1, 0.15) is 0 Å². The van der Waals surface area contributed by atoms with E-state index in [1.165, 1.54) is 18.5 Å². The number of aromatic nitrogens is 1. The third kappa shape index (κ3) is 3.51. The summed E-state index contributed by atoms with van der Waals surface area (Å²) >= 11 is 0. The van der Waals surface area contributed by atoms with Crippen molar-refractivity contribution in [3.8, 4) is 0 Å². The lowest BCUT2D eigenvalue weighted by Gasteiger charge is -2.30. The van der Waals surface area contributed by atoms with Crippen molar-refractivity contribution in [2.45, 2.75) is 38.1 Å². The van der Waals surface area contributed by atoms with Gasteiger partial charge in [0.25, 0.3) is 0 Å². The van der Waals surface area contributed by atoms with Gasteiger partial charge < -0.3 is 10.6 Å². The number of rotatable bonds is 4. The molecule has 0 bridgehead atoms. The Balaban J connectivity index is 1.88. The van der Waals surface area contributed by atoms with E-state index < -0.39 is 0 Å². The Kier molecular flexibility index (Phi) is 4.13. The van der Waals surface area contributed by atoms with Crippen LogP contribution in [0, 0.1) is 0 Å². The highest BCUT2D eigenvalue weighted by molar-refractivity contribution is 5.15. The molecule has 3 nitrogen and oxygen atoms in total. The van der Waals surface area contributed by atoms with Crippen LogP contribution in [0.4, 0.5) is 0 Å². The van der Waals surface area contributed by atoms with Gasteiger partial charge in [-0.25, -0.2) is 0 Å². The smallest absolute Gasteiger partial charge is 0.0472 e. The zero-order valence-corrected chi connectivity index (χ0v) is 10.9. The minimum absolute atomic E-state index is 0.103. The summed E-state index contributed by atoms with van der Waals surface area (Å²) in [4.78, 5) is 4.46. The summed E-state index contributed by atoms with van der Waals surface area (Å²) in [5.74, 6) is 0. The number of pyridine rings is 1. The summed E-state index contributed by atoms with van der Waals surface area (Å²) in [5, 5.41) is 7.07. The standard InChI is InChI=1S/C14H23N3/c1-14(2,13-5-3-4-8-16-13)11-17-12-6-9-15-10-7-12/h3-5,8,12,15,17H,6-7,9-11H2,1-2H3. The summed E-state index contributed by atoms with van der Waals surface area (Å²) < 4.78 is 0. The average molecular weight is 233 g/mol. The second-order valence-corrected chi connectivity index (χ2v) is 5.50. The fourth-order valence-corrected chi connectivity index (χ4v) is 2.28. The van der Waals surface area contributed by atoms with Crippen LogP contribution in [0.3, 0.4) is 0 Å². The van der Waals surface area contributed by atoms with E-state index in [4.69, 9.17) is 0 Å². The van der Waals surface area contributed by atoms with Gasteiger partial charge in [-0.2, -0.15) is 0 Å². The van der Waals surface area contributed by atoms with E-state index in [1.54, 1.807) is 0 Å². The summed E-state index contributed by atoms with van der Waals surface area (Å²) in [5.41, 5.74) is 1.27. The van der Waals surface area contributed by atoms with Gasteiger partial charge in [0.2, 0.25) is 0 Å². The van der Waals surface area contributed by atoms with E-state index in [9.17, 15) is 0 Å². The van der Waals surface area contributed by atoms with E-state index >= 15 is 0 Å². The molecule has 0 unspecified atom stereocenters. The van der Waals surface area contributed by atoms with Crippen molar-refractivity contribution in [3.63, 3.8) is 0 Å². The maximum Gasteiger partial charge on any atom is 0.0472 e. The molecule has 0 aliphatic carbocycles. The maximum absolute atomic E-state index is 4.46. The summed E-state index contributed by atoms with van der Waals surface area (Å²) in [6.45, 7) is 7.78. The molecular formula is C14H23N3. The molecule has 1 aromatic rings. The third-order valence-corrected chi connectivity index (χ3v) is 3.53. The highest BCUT2D eigenvalue weighted by Crippen LogP contribution is 2.20. The molecule has 0 spiro atoms. The van der Waals surface area contributed by atoms with Crippen LogP contribution in [0.2, 0.25) is 0 Å². The van der Waals surface area contributed by atoms with E-state index in [2.05, 4.69) is 41.6 Å². The van der Waals surface area contributed by atoms with Crippen LogP contribution >= 0.6 is 0 Å². The topological polar surface area (TPSA) is 37.0 Å². The number of piperidine rings is 1. The number of hydrogen-bond donors (Lipinski definition) is 2. The molecule has 0 aromatic carbocycles. The second-order valence-electron chi connectivity index (χ2n) is 5.50. The molecule has 17 heavy (non-hydrogen) atoms. The van der Waals surface area contributed by atoms with Crippen LogP contribution in [0.5, 0.6) is 0 Å². The molecule has 2 N–H and O–H groups in total. The van der Waals surface area contributed by atoms with Crippen LogP contribution < -0.4 is 10.6 Å². The SMILES string of the molecule is CC(C)(CNC1CCNCC1)c1ccccn1. The van der Waals surface area contributed by atoms with Crippen molar-refractivity contribution < 1.29 is 0 Å². The molecule has 1 saturated heterocycles. The monoisotopic (exact) mass is 233 g/mol. The zero-order valence-electron chi connectivity index (χ0n) is 10.9. The Morgan fingerprint density at radius 2 is 2.12 bits per heavy atom. The van der Waals surface area contributed by atoms with Crippen molar-refractivity contribution >= 4 is 0 Å². The Morgan fingerprint density at radius 3 is 2.76 bits per heavy atom. The molecule has 1 aliphatic heterocycles. The maximum atomic E-state index is 4.46. The van der Waals surface area contributed by atoms with Gasteiger partial charge in [-0.15, -0.1) is 0 Å². The highest BCUT2D eigenvalue weighted by Gasteiger charge is 2.23. The molecule has 1 aromatic heterocycles. The Bertz CT molecular complexity index is 329. The normalized spacial score (nSPS) is 18.2. The molecule has 1 aliphatic rings. The van der Waals surface area contributed by atoms with Crippen molar-refractivity contribution in [2.24, 2.45) is 0 Å². The zero-order chi connectivity index (χ0) is 12.1. The Hall–Kier alpha value is -0.930. The van der Waals surface area contributed by atoms with Gasteiger partial charge in [0, 0.05) is 29.9 Å². The summed E-state index contributed by atoms with van der Waals surface area (Å²) in [7, 11) is 0. The van der Waals surface area contributed by atoms with E-state index in [0.717, 1.165) is 19.6 Å². The Morgan fingerprint density at radius 1 is 1.35 bits per heavy atom. The fourth-order valence-electron chi connectivity index (χ4n) is 2.28. The number of nitrogens with one attached hydrogen (secondary N) is 2. The minimum Gasteiger partial charge on any atom is -0.317 e. The predicted octanol–water partition coefficient (Wildman–Crippen LogP) is 1.70. The molecule has 0 atom stereocenters. The molecule has 0 amide bonds. The molecule has 2 heterocycles. The first kappa shape index (κ1) is 12.5. The van der Waals surface area contributed by atoms with Crippen LogP contribution in [-0.2, 0) is 5.41 Å². The Labute approximate surface area is 104 Å². The van der Waals surface area contributed by atoms with Crippen molar-refractivity contribution in [1.29, 1.82) is 0 Å². The highest BCUT2D eigenvalue weighted by atomic mass is 15.0. The first-order valence-corrected chi connectivity index (χ1v) is 6.54. The molecule has 1 fully saturated rings. The first-order chi connectivity index (χ1) is 8.18. The first-order valence-electron chi connectivity index (χ1n) is 6.54. The van der Waals surface area contributed by atoms with Crippen LogP contribution in [-0.4, -0.2) is 30.7 Å². The van der Waals surface area contributed by atoms with E-state index in [-0.39, 0.29) is 5.41 Å². The number of hydrogen-bond acceptors (Lipinski definition) is 3. The van der Waals surface area contributed by atoms with Crippen molar-refractivity contribution in [2.75, 3.05) is 19.6 Å². The van der Waals surface area contributed by atoms with Gasteiger partial charge in [-0.3, -0.25) is 4.98 Å². The number of nitrogens with zero attached hydrogens (tertiary/aromatic N) is 1. The third-order valence-electron chi connectivity index (χ3n) is 3.53.